The highest BCUT2D eigenvalue weighted by atomic mass is 19.1. The number of carbonyl (C=O) groups is 2. The van der Waals surface area contributed by atoms with Crippen LogP contribution in [0.25, 0.3) is 33.4 Å². The molecule has 0 radical (unpaired) electrons. The molecule has 2 aromatic carbocycles. The van der Waals surface area contributed by atoms with Gasteiger partial charge in [0, 0.05) is 34.1 Å². The number of carbonyl (C=O) groups excluding carboxylic acids is 1. The van der Waals surface area contributed by atoms with E-state index >= 15 is 0 Å². The molecule has 4 rings (SSSR count). The summed E-state index contributed by atoms with van der Waals surface area (Å²) in [6, 6.07) is 8.96. The molecular formula is C24H19F2N2O4+. The first-order valence-corrected chi connectivity index (χ1v) is 9.74. The van der Waals surface area contributed by atoms with Crippen molar-refractivity contribution < 1.29 is 33.3 Å². The lowest BCUT2D eigenvalue weighted by molar-refractivity contribution is -0.176. The molecule has 2 aromatic rings. The Kier molecular flexibility index (Phi) is 5.00. The van der Waals surface area contributed by atoms with Crippen molar-refractivity contribution >= 4 is 28.4 Å². The lowest BCUT2D eigenvalue weighted by Gasteiger charge is -2.18. The number of Topliss-reactive ketones (excluding diaryl/α,β-unsaturated/α-hetero) is 1. The molecule has 0 atom stereocenters. The average molecular weight is 437 g/mol. The SMILES string of the molecule is CC(C)C(=O)c1ccc(-c2c3cc(F)c(=[NH2+])cc-3oc3cc(N)c(F)cc23)c(C(=O)O)c1. The number of aromatic carboxylic acids is 1. The number of hydrogen-bond donors (Lipinski definition) is 3. The molecule has 0 aromatic heterocycles. The molecule has 0 saturated heterocycles. The van der Waals surface area contributed by atoms with Crippen LogP contribution in [-0.4, -0.2) is 16.9 Å². The second kappa shape index (κ2) is 7.56. The van der Waals surface area contributed by atoms with Crippen LogP contribution in [0, 0.1) is 17.6 Å². The van der Waals surface area contributed by atoms with Crippen LogP contribution >= 0.6 is 0 Å². The van der Waals surface area contributed by atoms with Crippen molar-refractivity contribution in [1.29, 1.82) is 0 Å². The summed E-state index contributed by atoms with van der Waals surface area (Å²) in [5.41, 5.74) is 6.28. The molecule has 8 heteroatoms. The summed E-state index contributed by atoms with van der Waals surface area (Å²) in [7, 11) is 0. The van der Waals surface area contributed by atoms with E-state index in [0.717, 1.165) is 12.1 Å². The van der Waals surface area contributed by atoms with Crippen LogP contribution in [0.4, 0.5) is 14.5 Å². The summed E-state index contributed by atoms with van der Waals surface area (Å²) >= 11 is 0. The fraction of sp³-hybridized carbons (Fsp3) is 0.125. The van der Waals surface area contributed by atoms with Gasteiger partial charge in [-0.1, -0.05) is 26.0 Å². The van der Waals surface area contributed by atoms with E-state index in [0.29, 0.717) is 0 Å². The van der Waals surface area contributed by atoms with E-state index in [2.05, 4.69) is 0 Å². The van der Waals surface area contributed by atoms with E-state index in [1.807, 2.05) is 0 Å². The zero-order valence-electron chi connectivity index (χ0n) is 17.2. The lowest BCUT2D eigenvalue weighted by Crippen LogP contribution is -2.46. The summed E-state index contributed by atoms with van der Waals surface area (Å²) in [5, 5.41) is 15.6. The highest BCUT2D eigenvalue weighted by molar-refractivity contribution is 6.09. The van der Waals surface area contributed by atoms with Crippen molar-refractivity contribution in [2.45, 2.75) is 13.8 Å². The molecule has 32 heavy (non-hydrogen) atoms. The second-order valence-electron chi connectivity index (χ2n) is 7.80. The molecule has 0 saturated carbocycles. The second-order valence-corrected chi connectivity index (χ2v) is 7.80. The van der Waals surface area contributed by atoms with Crippen molar-refractivity contribution in [2.75, 3.05) is 5.73 Å². The molecule has 0 fully saturated rings. The maximum absolute atomic E-state index is 14.4. The summed E-state index contributed by atoms with van der Waals surface area (Å²) in [5.74, 6) is -3.19. The first-order chi connectivity index (χ1) is 15.1. The van der Waals surface area contributed by atoms with Crippen LogP contribution in [0.3, 0.4) is 0 Å². The summed E-state index contributed by atoms with van der Waals surface area (Å²) < 4.78 is 34.5. The topological polar surface area (TPSA) is 119 Å². The first kappa shape index (κ1) is 21.2. The van der Waals surface area contributed by atoms with Crippen LogP contribution in [-0.2, 0) is 0 Å². The van der Waals surface area contributed by atoms with Gasteiger partial charge in [0.15, 0.2) is 11.6 Å². The predicted molar refractivity (Wildman–Crippen MR) is 114 cm³/mol. The molecule has 5 N–H and O–H groups in total. The van der Waals surface area contributed by atoms with Crippen molar-refractivity contribution in [1.82, 2.24) is 0 Å². The number of ketones is 1. The quantitative estimate of drug-likeness (QED) is 0.257. The zero-order valence-corrected chi connectivity index (χ0v) is 17.2. The predicted octanol–water partition coefficient (Wildman–Crippen LogP) is 3.26. The van der Waals surface area contributed by atoms with Gasteiger partial charge in [0.05, 0.1) is 17.3 Å². The van der Waals surface area contributed by atoms with Crippen LogP contribution in [0.5, 0.6) is 0 Å². The minimum atomic E-state index is -1.30. The number of nitrogen functional groups attached to an aromatic ring is 1. The van der Waals surface area contributed by atoms with Crippen molar-refractivity contribution in [3.63, 3.8) is 0 Å². The number of benzene rings is 3. The van der Waals surface area contributed by atoms with E-state index in [4.69, 9.17) is 15.6 Å². The molecule has 0 unspecified atom stereocenters. The molecule has 162 valence electrons. The Morgan fingerprint density at radius 3 is 2.41 bits per heavy atom. The minimum Gasteiger partial charge on any atom is -0.478 e. The number of fused-ring (bicyclic) bond motifs is 2. The van der Waals surface area contributed by atoms with Crippen LogP contribution in [0.1, 0.15) is 34.6 Å². The van der Waals surface area contributed by atoms with E-state index in [9.17, 15) is 23.5 Å². The van der Waals surface area contributed by atoms with Crippen LogP contribution < -0.4 is 16.5 Å². The number of hydrogen-bond acceptors (Lipinski definition) is 4. The normalized spacial score (nSPS) is 11.4. The van der Waals surface area contributed by atoms with Gasteiger partial charge < -0.3 is 15.3 Å². The fourth-order valence-corrected chi connectivity index (χ4v) is 3.68. The number of anilines is 1. The van der Waals surface area contributed by atoms with E-state index in [1.54, 1.807) is 13.8 Å². The van der Waals surface area contributed by atoms with Gasteiger partial charge >= 0.3 is 5.97 Å². The third-order valence-electron chi connectivity index (χ3n) is 5.28. The summed E-state index contributed by atoms with van der Waals surface area (Å²) in [6.07, 6.45) is 0. The maximum Gasteiger partial charge on any atom is 0.336 e. The molecule has 0 amide bonds. The van der Waals surface area contributed by atoms with Gasteiger partial charge in [0.1, 0.15) is 17.2 Å². The third-order valence-corrected chi connectivity index (χ3v) is 5.28. The average Bonchev–Trinajstić information content (AvgIpc) is 2.73. The minimum absolute atomic E-state index is 0.163. The monoisotopic (exact) mass is 437 g/mol. The number of rotatable bonds is 4. The number of carboxylic acids is 1. The van der Waals surface area contributed by atoms with Crippen molar-refractivity contribution in [3.05, 3.63) is 70.6 Å². The van der Waals surface area contributed by atoms with Gasteiger partial charge in [-0.15, -0.1) is 0 Å². The Labute approximate surface area is 180 Å². The molecule has 1 heterocycles. The highest BCUT2D eigenvalue weighted by Crippen LogP contribution is 2.42. The Hall–Kier alpha value is -4.07. The molecular weight excluding hydrogens is 418 g/mol. The molecule has 0 bridgehead atoms. The highest BCUT2D eigenvalue weighted by Gasteiger charge is 2.25. The van der Waals surface area contributed by atoms with E-state index < -0.39 is 17.6 Å². The first-order valence-electron chi connectivity index (χ1n) is 9.74. The van der Waals surface area contributed by atoms with Crippen LogP contribution in [0.15, 0.2) is 46.9 Å². The number of carboxylic acid groups (broad SMARTS) is 1. The van der Waals surface area contributed by atoms with E-state index in [-0.39, 0.29) is 67.3 Å². The smallest absolute Gasteiger partial charge is 0.336 e. The third kappa shape index (κ3) is 3.39. The summed E-state index contributed by atoms with van der Waals surface area (Å²) in [4.78, 5) is 24.6. The number of nitrogens with two attached hydrogens (primary N) is 2. The van der Waals surface area contributed by atoms with Gasteiger partial charge in [0.2, 0.25) is 5.36 Å². The van der Waals surface area contributed by atoms with Crippen LogP contribution in [0.2, 0.25) is 0 Å². The van der Waals surface area contributed by atoms with E-state index in [1.165, 1.54) is 30.3 Å². The number of halogens is 2. The Balaban J connectivity index is 2.17. The van der Waals surface area contributed by atoms with Gasteiger partial charge in [0.25, 0.3) is 0 Å². The van der Waals surface area contributed by atoms with Gasteiger partial charge in [-0.25, -0.2) is 9.18 Å². The van der Waals surface area contributed by atoms with Crippen molar-refractivity contribution in [3.8, 4) is 22.5 Å². The molecule has 0 spiro atoms. The lowest BCUT2D eigenvalue weighted by atomic mass is 9.88. The molecule has 1 aliphatic carbocycles. The zero-order chi connectivity index (χ0) is 23.3. The van der Waals surface area contributed by atoms with Crippen molar-refractivity contribution in [2.24, 2.45) is 5.92 Å². The molecule has 2 aliphatic rings. The Morgan fingerprint density at radius 1 is 1.03 bits per heavy atom. The van der Waals surface area contributed by atoms with Gasteiger partial charge in [-0.05, 0) is 23.8 Å². The summed E-state index contributed by atoms with van der Waals surface area (Å²) in [6.45, 7) is 3.41. The van der Waals surface area contributed by atoms with Gasteiger partial charge in [-0.3, -0.25) is 10.2 Å². The standard InChI is InChI=1S/C24H18F2N2O4/c1-10(2)23(29)11-3-4-12(13(5-11)24(30)31)22-14-6-16(25)18(27)8-20(14)32-21-9-19(28)17(26)7-15(21)22/h3-10,27H,28H2,1-2H3,(H,30,31)/p+1. The molecule has 6 nitrogen and oxygen atoms in total. The maximum atomic E-state index is 14.4. The fourth-order valence-electron chi connectivity index (χ4n) is 3.68. The molecule has 1 aliphatic heterocycles. The largest absolute Gasteiger partial charge is 0.478 e. The Morgan fingerprint density at radius 2 is 1.75 bits per heavy atom. The Bertz CT molecular complexity index is 1460. The van der Waals surface area contributed by atoms with Gasteiger partial charge in [-0.2, -0.15) is 4.39 Å².